The number of aryl methyl sites for hydroxylation is 1. The van der Waals surface area contributed by atoms with Gasteiger partial charge in [0.2, 0.25) is 0 Å². The number of halogens is 1. The molecule has 0 saturated heterocycles. The number of rotatable bonds is 5. The van der Waals surface area contributed by atoms with Gasteiger partial charge in [0.05, 0.1) is 13.2 Å². The van der Waals surface area contributed by atoms with Crippen molar-refractivity contribution in [2.45, 2.75) is 13.5 Å². The summed E-state index contributed by atoms with van der Waals surface area (Å²) in [5, 5.41) is 11.8. The van der Waals surface area contributed by atoms with Crippen molar-refractivity contribution in [1.29, 1.82) is 0 Å². The molecule has 18 heavy (non-hydrogen) atoms. The summed E-state index contributed by atoms with van der Waals surface area (Å²) in [7, 11) is 0. The smallest absolute Gasteiger partial charge is 0.134 e. The van der Waals surface area contributed by atoms with Crippen molar-refractivity contribution in [3.8, 4) is 11.3 Å². The van der Waals surface area contributed by atoms with Crippen molar-refractivity contribution in [2.24, 2.45) is 0 Å². The van der Waals surface area contributed by atoms with E-state index in [-0.39, 0.29) is 6.61 Å². The van der Waals surface area contributed by atoms with Crippen molar-refractivity contribution in [3.05, 3.63) is 46.1 Å². The Morgan fingerprint density at radius 2 is 2.11 bits per heavy atom. The van der Waals surface area contributed by atoms with Crippen molar-refractivity contribution in [3.63, 3.8) is 0 Å². The van der Waals surface area contributed by atoms with E-state index < -0.39 is 0 Å². The van der Waals surface area contributed by atoms with E-state index in [0.29, 0.717) is 13.1 Å². The molecule has 2 rings (SSSR count). The van der Waals surface area contributed by atoms with E-state index in [2.05, 4.69) is 34.2 Å². The van der Waals surface area contributed by atoms with Crippen LogP contribution in [0, 0.1) is 6.92 Å². The van der Waals surface area contributed by atoms with E-state index in [4.69, 9.17) is 9.52 Å². The van der Waals surface area contributed by atoms with Crippen LogP contribution in [0.5, 0.6) is 0 Å². The Balaban J connectivity index is 2.11. The fraction of sp³-hybridized carbons (Fsp3) is 0.286. The Hall–Kier alpha value is -1.10. The second-order valence-electron chi connectivity index (χ2n) is 4.13. The Morgan fingerprint density at radius 3 is 2.83 bits per heavy atom. The minimum Gasteiger partial charge on any atom is -0.460 e. The van der Waals surface area contributed by atoms with Crippen LogP contribution >= 0.6 is 15.9 Å². The maximum Gasteiger partial charge on any atom is 0.134 e. The normalized spacial score (nSPS) is 10.8. The zero-order chi connectivity index (χ0) is 13.0. The molecule has 0 aliphatic heterocycles. The molecule has 0 aliphatic carbocycles. The van der Waals surface area contributed by atoms with Gasteiger partial charge in [-0.05, 0) is 36.8 Å². The summed E-state index contributed by atoms with van der Waals surface area (Å²) >= 11 is 3.48. The number of furan rings is 1. The lowest BCUT2D eigenvalue weighted by molar-refractivity contribution is 0.290. The first-order chi connectivity index (χ1) is 8.70. The summed E-state index contributed by atoms with van der Waals surface area (Å²) in [4.78, 5) is 0. The number of hydrogen-bond donors (Lipinski definition) is 2. The number of hydrogen-bond acceptors (Lipinski definition) is 3. The SMILES string of the molecule is Cc1cc(-c2ccc(CNCCO)o2)ccc1Br. The van der Waals surface area contributed by atoms with Crippen LogP contribution in [0.25, 0.3) is 11.3 Å². The molecule has 0 radical (unpaired) electrons. The highest BCUT2D eigenvalue weighted by Crippen LogP contribution is 2.26. The lowest BCUT2D eigenvalue weighted by Crippen LogP contribution is -2.16. The van der Waals surface area contributed by atoms with Gasteiger partial charge in [0.15, 0.2) is 0 Å². The second kappa shape index (κ2) is 6.18. The maximum atomic E-state index is 8.69. The topological polar surface area (TPSA) is 45.4 Å². The molecule has 96 valence electrons. The van der Waals surface area contributed by atoms with Crippen molar-refractivity contribution in [2.75, 3.05) is 13.2 Å². The van der Waals surface area contributed by atoms with Gasteiger partial charge in [-0.25, -0.2) is 0 Å². The first-order valence-electron chi connectivity index (χ1n) is 5.87. The van der Waals surface area contributed by atoms with Crippen LogP contribution in [0.2, 0.25) is 0 Å². The molecule has 4 heteroatoms. The molecular formula is C14H16BrNO2. The highest BCUT2D eigenvalue weighted by atomic mass is 79.9. The monoisotopic (exact) mass is 309 g/mol. The molecule has 2 N–H and O–H groups in total. The third kappa shape index (κ3) is 3.22. The first kappa shape index (κ1) is 13.3. The summed E-state index contributed by atoms with van der Waals surface area (Å²) in [5.41, 5.74) is 2.26. The van der Waals surface area contributed by atoms with Gasteiger partial charge in [0.25, 0.3) is 0 Å². The molecule has 1 aromatic heterocycles. The summed E-state index contributed by atoms with van der Waals surface area (Å²) in [6.07, 6.45) is 0. The van der Waals surface area contributed by atoms with E-state index in [1.165, 1.54) is 5.56 Å². The predicted molar refractivity (Wildman–Crippen MR) is 75.4 cm³/mol. The van der Waals surface area contributed by atoms with Crippen molar-refractivity contribution in [1.82, 2.24) is 5.32 Å². The second-order valence-corrected chi connectivity index (χ2v) is 4.98. The predicted octanol–water partition coefficient (Wildman–Crippen LogP) is 3.10. The Labute approximate surface area is 115 Å². The van der Waals surface area contributed by atoms with Crippen molar-refractivity contribution < 1.29 is 9.52 Å². The van der Waals surface area contributed by atoms with Gasteiger partial charge < -0.3 is 14.8 Å². The Morgan fingerprint density at radius 1 is 1.28 bits per heavy atom. The van der Waals surface area contributed by atoms with Crippen LogP contribution in [0.4, 0.5) is 0 Å². The largest absolute Gasteiger partial charge is 0.460 e. The number of aliphatic hydroxyl groups excluding tert-OH is 1. The number of nitrogens with one attached hydrogen (secondary N) is 1. The number of aliphatic hydroxyl groups is 1. The van der Waals surface area contributed by atoms with Crippen LogP contribution in [0.3, 0.4) is 0 Å². The molecule has 0 unspecified atom stereocenters. The summed E-state index contributed by atoms with van der Waals surface area (Å²) < 4.78 is 6.85. The van der Waals surface area contributed by atoms with Gasteiger partial charge in [-0.1, -0.05) is 22.0 Å². The van der Waals surface area contributed by atoms with Gasteiger partial charge in [-0.3, -0.25) is 0 Å². The average molecular weight is 310 g/mol. The highest BCUT2D eigenvalue weighted by Gasteiger charge is 2.05. The molecule has 3 nitrogen and oxygen atoms in total. The molecule has 0 amide bonds. The Kier molecular flexibility index (Phi) is 4.58. The fourth-order valence-electron chi connectivity index (χ4n) is 1.72. The summed E-state index contributed by atoms with van der Waals surface area (Å²) in [5.74, 6) is 1.74. The van der Waals surface area contributed by atoms with E-state index in [1.807, 2.05) is 24.3 Å². The lowest BCUT2D eigenvalue weighted by Gasteiger charge is -2.02. The molecule has 1 heterocycles. The van der Waals surface area contributed by atoms with Gasteiger partial charge in [-0.2, -0.15) is 0 Å². The molecular weight excluding hydrogens is 294 g/mol. The van der Waals surface area contributed by atoms with Gasteiger partial charge in [-0.15, -0.1) is 0 Å². The molecule has 0 saturated carbocycles. The van der Waals surface area contributed by atoms with E-state index in [1.54, 1.807) is 0 Å². The maximum absolute atomic E-state index is 8.69. The lowest BCUT2D eigenvalue weighted by atomic mass is 10.1. The van der Waals surface area contributed by atoms with Crippen LogP contribution in [-0.4, -0.2) is 18.3 Å². The van der Waals surface area contributed by atoms with Crippen LogP contribution in [-0.2, 0) is 6.54 Å². The highest BCUT2D eigenvalue weighted by molar-refractivity contribution is 9.10. The van der Waals surface area contributed by atoms with E-state index >= 15 is 0 Å². The minimum absolute atomic E-state index is 0.138. The summed E-state index contributed by atoms with van der Waals surface area (Å²) in [6.45, 7) is 3.41. The van der Waals surface area contributed by atoms with Crippen molar-refractivity contribution >= 4 is 15.9 Å². The van der Waals surface area contributed by atoms with Crippen LogP contribution in [0.15, 0.2) is 39.2 Å². The molecule has 2 aromatic rings. The molecule has 1 aromatic carbocycles. The molecule has 0 spiro atoms. The average Bonchev–Trinajstić information content (AvgIpc) is 2.82. The van der Waals surface area contributed by atoms with Gasteiger partial charge in [0, 0.05) is 16.6 Å². The van der Waals surface area contributed by atoms with Crippen LogP contribution in [0.1, 0.15) is 11.3 Å². The molecule has 0 atom stereocenters. The van der Waals surface area contributed by atoms with E-state index in [9.17, 15) is 0 Å². The quantitative estimate of drug-likeness (QED) is 0.834. The third-order valence-electron chi connectivity index (χ3n) is 2.69. The summed E-state index contributed by atoms with van der Waals surface area (Å²) in [6, 6.07) is 10.1. The third-order valence-corrected chi connectivity index (χ3v) is 3.58. The molecule has 0 aliphatic rings. The van der Waals surface area contributed by atoms with Crippen LogP contribution < -0.4 is 5.32 Å². The molecule has 0 fully saturated rings. The molecule has 0 bridgehead atoms. The zero-order valence-corrected chi connectivity index (χ0v) is 11.8. The Bertz CT molecular complexity index is 522. The van der Waals surface area contributed by atoms with Gasteiger partial charge in [0.1, 0.15) is 11.5 Å². The minimum atomic E-state index is 0.138. The first-order valence-corrected chi connectivity index (χ1v) is 6.67. The zero-order valence-electron chi connectivity index (χ0n) is 10.2. The fourth-order valence-corrected chi connectivity index (χ4v) is 1.96. The van der Waals surface area contributed by atoms with Gasteiger partial charge >= 0.3 is 0 Å². The van der Waals surface area contributed by atoms with E-state index in [0.717, 1.165) is 21.6 Å². The number of benzene rings is 1. The standard InChI is InChI=1S/C14H16BrNO2/c1-10-8-11(2-4-13(10)15)14-5-3-12(18-14)9-16-6-7-17/h2-5,8,16-17H,6-7,9H2,1H3.